The number of halogens is 1. The van der Waals surface area contributed by atoms with E-state index in [1.54, 1.807) is 6.07 Å². The second-order valence-corrected chi connectivity index (χ2v) is 14.6. The van der Waals surface area contributed by atoms with Gasteiger partial charge in [0.1, 0.15) is 17.7 Å². The maximum atomic E-state index is 16.1. The number of alkyl halides is 1. The number of carbonyl (C=O) groups excluding carboxylic acids is 1. The van der Waals surface area contributed by atoms with Gasteiger partial charge in [-0.05, 0) is 135 Å². The first-order valence-electron chi connectivity index (χ1n) is 18.0. The summed E-state index contributed by atoms with van der Waals surface area (Å²) >= 11 is 0. The number of aromatic hydroxyl groups is 1. The van der Waals surface area contributed by atoms with Crippen LogP contribution in [0, 0.1) is 23.2 Å². The minimum absolute atomic E-state index is 0.0583. The number of ether oxygens (including phenoxy) is 1. The third-order valence-corrected chi connectivity index (χ3v) is 11.7. The van der Waals surface area contributed by atoms with Crippen LogP contribution < -0.4 is 4.74 Å². The van der Waals surface area contributed by atoms with Crippen molar-refractivity contribution < 1.29 is 24.1 Å². The molecule has 0 spiro atoms. The predicted octanol–water partition coefficient (Wildman–Crippen LogP) is 8.52. The van der Waals surface area contributed by atoms with E-state index in [1.807, 2.05) is 54.3 Å². The summed E-state index contributed by atoms with van der Waals surface area (Å²) in [6, 6.07) is 23.4. The second kappa shape index (κ2) is 14.8. The van der Waals surface area contributed by atoms with E-state index in [4.69, 9.17) is 4.74 Å². The van der Waals surface area contributed by atoms with Crippen molar-refractivity contribution in [1.82, 2.24) is 4.90 Å². The average Bonchev–Trinajstić information content (AvgIpc) is 3.37. The molecule has 1 amide bonds. The van der Waals surface area contributed by atoms with Crippen LogP contribution in [0.4, 0.5) is 4.39 Å². The van der Waals surface area contributed by atoms with Gasteiger partial charge in [0.15, 0.2) is 0 Å². The van der Waals surface area contributed by atoms with E-state index < -0.39 is 12.3 Å². The molecule has 3 aromatic carbocycles. The van der Waals surface area contributed by atoms with Gasteiger partial charge in [0.05, 0.1) is 12.7 Å². The molecule has 3 aromatic rings. The monoisotopic (exact) mass is 641 g/mol. The van der Waals surface area contributed by atoms with Gasteiger partial charge in [-0.25, -0.2) is 4.39 Å². The number of rotatable bonds is 13. The van der Waals surface area contributed by atoms with Crippen molar-refractivity contribution in [2.24, 2.45) is 23.2 Å². The van der Waals surface area contributed by atoms with E-state index in [1.165, 1.54) is 5.56 Å². The largest absolute Gasteiger partial charge is 0.508 e. The van der Waals surface area contributed by atoms with Crippen LogP contribution in [0.5, 0.6) is 11.5 Å². The number of nitrogens with zero attached hydrogens (tertiary/aromatic N) is 1. The van der Waals surface area contributed by atoms with Crippen LogP contribution in [0.25, 0.3) is 0 Å². The molecule has 0 aliphatic heterocycles. The highest BCUT2D eigenvalue weighted by atomic mass is 19.1. The first-order chi connectivity index (χ1) is 22.8. The van der Waals surface area contributed by atoms with Gasteiger partial charge in [-0.2, -0.15) is 0 Å². The Kier molecular flexibility index (Phi) is 10.6. The fraction of sp³-hybridized carbons (Fsp3) is 0.537. The van der Waals surface area contributed by atoms with Gasteiger partial charge in [-0.1, -0.05) is 56.2 Å². The maximum absolute atomic E-state index is 16.1. The fourth-order valence-corrected chi connectivity index (χ4v) is 9.40. The molecule has 0 heterocycles. The van der Waals surface area contributed by atoms with Crippen LogP contribution in [0.1, 0.15) is 98.2 Å². The van der Waals surface area contributed by atoms with Crippen LogP contribution in [-0.4, -0.2) is 53.0 Å². The highest BCUT2D eigenvalue weighted by Crippen LogP contribution is 2.63. The Morgan fingerprint density at radius 2 is 1.74 bits per heavy atom. The van der Waals surface area contributed by atoms with Crippen LogP contribution in [0.3, 0.4) is 0 Å². The zero-order chi connectivity index (χ0) is 33.0. The van der Waals surface area contributed by atoms with E-state index in [-0.39, 0.29) is 28.9 Å². The molecule has 2 fully saturated rings. The zero-order valence-electron chi connectivity index (χ0n) is 28.1. The number of phenols is 1. The van der Waals surface area contributed by atoms with Gasteiger partial charge in [0.2, 0.25) is 0 Å². The van der Waals surface area contributed by atoms with Crippen LogP contribution in [-0.2, 0) is 12.8 Å². The van der Waals surface area contributed by atoms with Gasteiger partial charge in [-0.3, -0.25) is 4.79 Å². The molecule has 2 N–H and O–H groups in total. The normalized spacial score (nSPS) is 27.8. The Labute approximate surface area is 280 Å². The lowest BCUT2D eigenvalue weighted by Crippen LogP contribution is -2.51. The molecule has 3 aliphatic rings. The molecule has 5 nitrogen and oxygen atoms in total. The van der Waals surface area contributed by atoms with Crippen LogP contribution in [0.2, 0.25) is 0 Å². The van der Waals surface area contributed by atoms with Gasteiger partial charge < -0.3 is 19.8 Å². The van der Waals surface area contributed by atoms with Crippen molar-refractivity contribution in [3.8, 4) is 11.5 Å². The Bertz CT molecular complexity index is 1480. The van der Waals surface area contributed by atoms with Gasteiger partial charge in [0.25, 0.3) is 5.91 Å². The molecular weight excluding hydrogens is 589 g/mol. The Morgan fingerprint density at radius 3 is 2.51 bits per heavy atom. The molecule has 6 heteroatoms. The SMILES string of the molecule is CCOc1ccc(C(=O)N(CCCCC[C@@H]2Cc3cc(O)ccc3C3C2C2CC[C@H](O)[C@@]2(C)C[C@@H]3F)CCCc2ccccc2)cc1. The fourth-order valence-electron chi connectivity index (χ4n) is 9.40. The van der Waals surface area contributed by atoms with E-state index in [2.05, 4.69) is 31.2 Å². The number of aliphatic hydroxyl groups excluding tert-OH is 1. The third kappa shape index (κ3) is 7.23. The number of amides is 1. The highest BCUT2D eigenvalue weighted by Gasteiger charge is 2.59. The maximum Gasteiger partial charge on any atom is 0.253 e. The summed E-state index contributed by atoms with van der Waals surface area (Å²) in [5.74, 6) is 1.74. The number of hydrogen-bond acceptors (Lipinski definition) is 4. The topological polar surface area (TPSA) is 70.0 Å². The van der Waals surface area contributed by atoms with Crippen molar-refractivity contribution in [3.05, 3.63) is 95.1 Å². The number of benzene rings is 3. The van der Waals surface area contributed by atoms with Gasteiger partial charge in [0, 0.05) is 24.6 Å². The lowest BCUT2D eigenvalue weighted by molar-refractivity contribution is -0.0722. The van der Waals surface area contributed by atoms with E-state index in [0.717, 1.165) is 74.7 Å². The Morgan fingerprint density at radius 1 is 0.979 bits per heavy atom. The Balaban J connectivity index is 1.10. The molecule has 3 unspecified atom stereocenters. The summed E-state index contributed by atoms with van der Waals surface area (Å²) in [5, 5.41) is 21.2. The first-order valence-corrected chi connectivity index (χ1v) is 18.0. The number of aliphatic hydroxyl groups is 1. The standard InChI is InChI=1S/C41H52FNO4/c1-3-47-33-18-15-29(16-19-33)40(46)43(24-10-13-28-11-6-4-7-12-28)23-9-5-8-14-30-25-31-26-32(44)17-20-34(31)39-36(42)27-41(2)35(38(30)39)21-22-37(41)45/h4,6-7,11-12,15-20,26,30,35-39,44-45H,3,5,8-10,13-14,21-25,27H2,1-2H3/t30-,35?,36+,37+,38?,39?,41+/m1/s1. The van der Waals surface area contributed by atoms with Crippen molar-refractivity contribution in [2.45, 2.75) is 96.2 Å². The zero-order valence-corrected chi connectivity index (χ0v) is 28.1. The smallest absolute Gasteiger partial charge is 0.253 e. The molecule has 0 radical (unpaired) electrons. The van der Waals surface area contributed by atoms with Gasteiger partial charge >= 0.3 is 0 Å². The van der Waals surface area contributed by atoms with Crippen molar-refractivity contribution in [3.63, 3.8) is 0 Å². The quantitative estimate of drug-likeness (QED) is 0.184. The number of aryl methyl sites for hydroxylation is 1. The van der Waals surface area contributed by atoms with Gasteiger partial charge in [-0.15, -0.1) is 0 Å². The van der Waals surface area contributed by atoms with E-state index >= 15 is 4.39 Å². The Hall–Kier alpha value is -3.38. The first kappa shape index (κ1) is 33.5. The summed E-state index contributed by atoms with van der Waals surface area (Å²) in [5.41, 5.74) is 3.76. The highest BCUT2D eigenvalue weighted by molar-refractivity contribution is 5.94. The van der Waals surface area contributed by atoms with Crippen molar-refractivity contribution in [1.29, 1.82) is 0 Å². The molecule has 0 saturated heterocycles. The molecule has 0 aromatic heterocycles. The molecule has 0 bridgehead atoms. The second-order valence-electron chi connectivity index (χ2n) is 14.6. The molecule has 47 heavy (non-hydrogen) atoms. The van der Waals surface area contributed by atoms with Crippen LogP contribution >= 0.6 is 0 Å². The number of unbranched alkanes of at least 4 members (excludes halogenated alkanes) is 2. The molecule has 3 aliphatic carbocycles. The lowest BCUT2D eigenvalue weighted by atomic mass is 9.51. The number of fused-ring (bicyclic) bond motifs is 5. The lowest BCUT2D eigenvalue weighted by Gasteiger charge is -2.54. The summed E-state index contributed by atoms with van der Waals surface area (Å²) in [4.78, 5) is 15.7. The minimum atomic E-state index is -0.988. The summed E-state index contributed by atoms with van der Waals surface area (Å²) in [6.07, 6.45) is 7.31. The molecule has 2 saturated carbocycles. The van der Waals surface area contributed by atoms with Crippen molar-refractivity contribution in [2.75, 3.05) is 19.7 Å². The summed E-state index contributed by atoms with van der Waals surface area (Å²) in [7, 11) is 0. The molecule has 6 rings (SSSR count). The molecule has 252 valence electrons. The predicted molar refractivity (Wildman–Crippen MR) is 185 cm³/mol. The number of carbonyl (C=O) groups is 1. The third-order valence-electron chi connectivity index (χ3n) is 11.7. The van der Waals surface area contributed by atoms with E-state index in [0.29, 0.717) is 43.5 Å². The minimum Gasteiger partial charge on any atom is -0.508 e. The number of hydrogen-bond donors (Lipinski definition) is 2. The molecule has 7 atom stereocenters. The summed E-state index contributed by atoms with van der Waals surface area (Å²) in [6.45, 7) is 6.07. The molecular formula is C41H52FNO4. The van der Waals surface area contributed by atoms with E-state index in [9.17, 15) is 15.0 Å². The van der Waals surface area contributed by atoms with Crippen LogP contribution in [0.15, 0.2) is 72.8 Å². The average molecular weight is 642 g/mol. The van der Waals surface area contributed by atoms with Crippen molar-refractivity contribution >= 4 is 5.91 Å². The number of phenolic OH excluding ortho intramolecular Hbond substituents is 1. The summed E-state index contributed by atoms with van der Waals surface area (Å²) < 4.78 is 21.7.